The van der Waals surface area contributed by atoms with Crippen LogP contribution in [0.4, 0.5) is 18.9 Å². The lowest BCUT2D eigenvalue weighted by molar-refractivity contribution is -0.274. The first-order valence-corrected chi connectivity index (χ1v) is 8.33. The van der Waals surface area contributed by atoms with Crippen LogP contribution in [0.1, 0.15) is 30.0 Å². The zero-order chi connectivity index (χ0) is 17.9. The zero-order valence-corrected chi connectivity index (χ0v) is 14.1. The van der Waals surface area contributed by atoms with Gasteiger partial charge in [-0.2, -0.15) is 0 Å². The summed E-state index contributed by atoms with van der Waals surface area (Å²) in [6, 6.07) is 13.9. The predicted molar refractivity (Wildman–Crippen MR) is 94.6 cm³/mol. The standard InChI is InChI=1S/C18H17F3N2OS/c19-18(20,21)24-14-10-8-13(9-11-14)22-17(25)23-16-7-3-5-12-4-1-2-6-15(12)16/h1-2,4,6,8-11,16H,3,5,7H2,(H2,22,23,25)/t16-/m0/s1. The summed E-state index contributed by atoms with van der Waals surface area (Å²) in [5, 5.41) is 6.72. The molecular formula is C18H17F3N2OS. The fraction of sp³-hybridized carbons (Fsp3) is 0.278. The highest BCUT2D eigenvalue weighted by Crippen LogP contribution is 2.29. The molecule has 0 aromatic heterocycles. The highest BCUT2D eigenvalue weighted by molar-refractivity contribution is 7.80. The van der Waals surface area contributed by atoms with Crippen molar-refractivity contribution in [3.63, 3.8) is 0 Å². The SMILES string of the molecule is FC(F)(F)Oc1ccc(NC(=S)N[C@H]2CCCc3ccccc32)cc1. The van der Waals surface area contributed by atoms with Gasteiger partial charge < -0.3 is 15.4 Å². The zero-order valence-electron chi connectivity index (χ0n) is 13.3. The van der Waals surface area contributed by atoms with Crippen molar-refractivity contribution in [3.05, 3.63) is 59.7 Å². The van der Waals surface area contributed by atoms with Gasteiger partial charge in [0.2, 0.25) is 0 Å². The molecule has 0 fully saturated rings. The van der Waals surface area contributed by atoms with Crippen molar-refractivity contribution in [3.8, 4) is 5.75 Å². The first kappa shape index (κ1) is 17.5. The number of benzene rings is 2. The summed E-state index contributed by atoms with van der Waals surface area (Å²) in [4.78, 5) is 0. The third kappa shape index (κ3) is 4.85. The molecule has 2 N–H and O–H groups in total. The maximum Gasteiger partial charge on any atom is 0.573 e. The predicted octanol–water partition coefficient (Wildman–Crippen LogP) is 4.95. The molecule has 2 aromatic rings. The minimum absolute atomic E-state index is 0.137. The van der Waals surface area contributed by atoms with E-state index in [1.807, 2.05) is 12.1 Å². The molecule has 25 heavy (non-hydrogen) atoms. The van der Waals surface area contributed by atoms with Crippen LogP contribution in [0, 0.1) is 0 Å². The van der Waals surface area contributed by atoms with Crippen LogP contribution in [0.15, 0.2) is 48.5 Å². The number of hydrogen-bond acceptors (Lipinski definition) is 2. The van der Waals surface area contributed by atoms with Gasteiger partial charge in [-0.3, -0.25) is 0 Å². The molecule has 0 saturated heterocycles. The molecule has 0 radical (unpaired) electrons. The number of fused-ring (bicyclic) bond motifs is 1. The number of hydrogen-bond donors (Lipinski definition) is 2. The fourth-order valence-corrected chi connectivity index (χ4v) is 3.23. The van der Waals surface area contributed by atoms with E-state index in [1.54, 1.807) is 0 Å². The van der Waals surface area contributed by atoms with Crippen molar-refractivity contribution in [2.24, 2.45) is 0 Å². The Morgan fingerprint density at radius 1 is 1.08 bits per heavy atom. The van der Waals surface area contributed by atoms with Gasteiger partial charge in [0.15, 0.2) is 5.11 Å². The van der Waals surface area contributed by atoms with E-state index < -0.39 is 6.36 Å². The first-order valence-electron chi connectivity index (χ1n) is 7.92. The van der Waals surface area contributed by atoms with E-state index in [1.165, 1.54) is 35.4 Å². The molecule has 0 unspecified atom stereocenters. The Morgan fingerprint density at radius 3 is 2.52 bits per heavy atom. The summed E-state index contributed by atoms with van der Waals surface area (Å²) in [5.41, 5.74) is 3.16. The van der Waals surface area contributed by atoms with E-state index in [0.717, 1.165) is 19.3 Å². The first-order chi connectivity index (χ1) is 11.9. The van der Waals surface area contributed by atoms with E-state index >= 15 is 0 Å². The van der Waals surface area contributed by atoms with Gasteiger partial charge in [0.25, 0.3) is 0 Å². The molecule has 7 heteroatoms. The lowest BCUT2D eigenvalue weighted by atomic mass is 9.88. The quantitative estimate of drug-likeness (QED) is 0.753. The molecule has 0 heterocycles. The summed E-state index contributed by atoms with van der Waals surface area (Å²) in [6.45, 7) is 0. The number of alkyl halides is 3. The van der Waals surface area contributed by atoms with Gasteiger partial charge in [0, 0.05) is 5.69 Å². The average molecular weight is 366 g/mol. The molecule has 0 aliphatic heterocycles. The van der Waals surface area contributed by atoms with Crippen molar-refractivity contribution in [2.75, 3.05) is 5.32 Å². The van der Waals surface area contributed by atoms with Crippen molar-refractivity contribution < 1.29 is 17.9 Å². The topological polar surface area (TPSA) is 33.3 Å². The Morgan fingerprint density at radius 2 is 1.80 bits per heavy atom. The summed E-state index contributed by atoms with van der Waals surface area (Å²) >= 11 is 5.33. The molecule has 3 nitrogen and oxygen atoms in total. The van der Waals surface area contributed by atoms with Crippen LogP contribution in [-0.2, 0) is 6.42 Å². The van der Waals surface area contributed by atoms with Gasteiger partial charge in [0.05, 0.1) is 6.04 Å². The van der Waals surface area contributed by atoms with Crippen LogP contribution in [-0.4, -0.2) is 11.5 Å². The van der Waals surface area contributed by atoms with Crippen LogP contribution in [0.5, 0.6) is 5.75 Å². The minimum Gasteiger partial charge on any atom is -0.406 e. The van der Waals surface area contributed by atoms with Gasteiger partial charge in [-0.05, 0) is 66.9 Å². The summed E-state index contributed by atoms with van der Waals surface area (Å²) in [6.07, 6.45) is -1.56. The molecule has 1 aliphatic rings. The molecule has 1 atom stereocenters. The maximum atomic E-state index is 12.2. The van der Waals surface area contributed by atoms with Crippen LogP contribution in [0.2, 0.25) is 0 Å². The second-order valence-corrected chi connectivity index (χ2v) is 6.22. The number of thiocarbonyl (C=S) groups is 1. The molecule has 1 aliphatic carbocycles. The fourth-order valence-electron chi connectivity index (χ4n) is 2.97. The van der Waals surface area contributed by atoms with Crippen LogP contribution in [0.25, 0.3) is 0 Å². The second-order valence-electron chi connectivity index (χ2n) is 5.81. The Kier molecular flexibility index (Phi) is 5.13. The van der Waals surface area contributed by atoms with Gasteiger partial charge >= 0.3 is 6.36 Å². The Balaban J connectivity index is 1.60. The summed E-state index contributed by atoms with van der Waals surface area (Å²) in [7, 11) is 0. The lowest BCUT2D eigenvalue weighted by Crippen LogP contribution is -2.34. The summed E-state index contributed by atoms with van der Waals surface area (Å²) in [5.74, 6) is -0.266. The number of rotatable bonds is 3. The van der Waals surface area contributed by atoms with Crippen molar-refractivity contribution in [2.45, 2.75) is 31.7 Å². The van der Waals surface area contributed by atoms with E-state index in [0.29, 0.717) is 10.8 Å². The lowest BCUT2D eigenvalue weighted by Gasteiger charge is -2.27. The van der Waals surface area contributed by atoms with Gasteiger partial charge in [0.1, 0.15) is 5.75 Å². The van der Waals surface area contributed by atoms with Crippen LogP contribution < -0.4 is 15.4 Å². The van der Waals surface area contributed by atoms with Crippen LogP contribution >= 0.6 is 12.2 Å². The largest absolute Gasteiger partial charge is 0.573 e. The molecule has 0 bridgehead atoms. The number of anilines is 1. The van der Waals surface area contributed by atoms with E-state index in [-0.39, 0.29) is 11.8 Å². The van der Waals surface area contributed by atoms with E-state index in [9.17, 15) is 13.2 Å². The smallest absolute Gasteiger partial charge is 0.406 e. The Labute approximate surface area is 149 Å². The highest BCUT2D eigenvalue weighted by Gasteiger charge is 2.31. The summed E-state index contributed by atoms with van der Waals surface area (Å²) < 4.78 is 40.3. The van der Waals surface area contributed by atoms with Crippen molar-refractivity contribution >= 4 is 23.0 Å². The number of aryl methyl sites for hydroxylation is 1. The van der Waals surface area contributed by atoms with Gasteiger partial charge in [-0.15, -0.1) is 13.2 Å². The van der Waals surface area contributed by atoms with Crippen LogP contribution in [0.3, 0.4) is 0 Å². The van der Waals surface area contributed by atoms with Gasteiger partial charge in [-0.1, -0.05) is 24.3 Å². The normalized spacial score (nSPS) is 16.7. The number of halogens is 3. The highest BCUT2D eigenvalue weighted by atomic mass is 32.1. The average Bonchev–Trinajstić information content (AvgIpc) is 2.56. The van der Waals surface area contributed by atoms with E-state index in [4.69, 9.17) is 12.2 Å². The van der Waals surface area contributed by atoms with Crippen molar-refractivity contribution in [1.82, 2.24) is 5.32 Å². The van der Waals surface area contributed by atoms with Crippen molar-refractivity contribution in [1.29, 1.82) is 0 Å². The molecule has 132 valence electrons. The maximum absolute atomic E-state index is 12.2. The third-order valence-electron chi connectivity index (χ3n) is 4.02. The number of nitrogens with one attached hydrogen (secondary N) is 2. The molecular weight excluding hydrogens is 349 g/mol. The molecule has 0 saturated carbocycles. The second kappa shape index (κ2) is 7.31. The molecule has 0 amide bonds. The monoisotopic (exact) mass is 366 g/mol. The number of ether oxygens (including phenoxy) is 1. The van der Waals surface area contributed by atoms with Gasteiger partial charge in [-0.25, -0.2) is 0 Å². The molecule has 0 spiro atoms. The van der Waals surface area contributed by atoms with E-state index in [2.05, 4.69) is 27.5 Å². The third-order valence-corrected chi connectivity index (χ3v) is 4.24. The Bertz CT molecular complexity index is 747. The molecule has 2 aromatic carbocycles. The molecule has 3 rings (SSSR count). The minimum atomic E-state index is -4.69. The Hall–Kier alpha value is -2.28.